The van der Waals surface area contributed by atoms with Crippen LogP contribution in [0, 0.1) is 0 Å². The fourth-order valence-electron chi connectivity index (χ4n) is 2.42. The fourth-order valence-corrected chi connectivity index (χ4v) is 2.98. The lowest BCUT2D eigenvalue weighted by Gasteiger charge is -2.14. The third-order valence-corrected chi connectivity index (χ3v) is 4.30. The minimum absolute atomic E-state index is 0.108. The van der Waals surface area contributed by atoms with Gasteiger partial charge in [-0.1, -0.05) is 6.07 Å². The van der Waals surface area contributed by atoms with Crippen molar-refractivity contribution in [3.05, 3.63) is 48.0 Å². The van der Waals surface area contributed by atoms with Gasteiger partial charge in [-0.25, -0.2) is 13.2 Å². The topological polar surface area (TPSA) is 120 Å². The highest BCUT2D eigenvalue weighted by Crippen LogP contribution is 2.34. The van der Waals surface area contributed by atoms with Crippen LogP contribution in [0.2, 0.25) is 0 Å². The Hall–Kier alpha value is -3.27. The van der Waals surface area contributed by atoms with Gasteiger partial charge in [0.15, 0.2) is 17.6 Å². The molecule has 148 valence electrons. The molecule has 10 heteroatoms. The maximum Gasteiger partial charge on any atom is 0.338 e. The third kappa shape index (κ3) is 4.92. The van der Waals surface area contributed by atoms with Gasteiger partial charge in [-0.15, -0.1) is 0 Å². The van der Waals surface area contributed by atoms with E-state index in [4.69, 9.17) is 14.2 Å². The van der Waals surface area contributed by atoms with Crippen LogP contribution in [0.1, 0.15) is 17.3 Å². The molecule has 0 saturated carbocycles. The molecule has 0 fully saturated rings. The van der Waals surface area contributed by atoms with Gasteiger partial charge in [0.05, 0.1) is 11.8 Å². The molecule has 2 aromatic rings. The fraction of sp³-hybridized carbons (Fsp3) is 0.222. The standard InChI is InChI=1S/C18H18N2O7S/c1-11(17(21)19-13-6-7-15-16(9-13)26-10-25-15)27-18(22)12-4-3-5-14(8-12)20-28(2,23)24/h3-9,11,20H,10H2,1-2H3,(H,19,21)/t11-/m0/s1. The lowest BCUT2D eigenvalue weighted by atomic mass is 10.2. The Kier molecular flexibility index (Phi) is 5.41. The van der Waals surface area contributed by atoms with E-state index in [0.717, 1.165) is 6.26 Å². The van der Waals surface area contributed by atoms with Crippen LogP contribution in [0.25, 0.3) is 0 Å². The number of hydrogen-bond acceptors (Lipinski definition) is 7. The summed E-state index contributed by atoms with van der Waals surface area (Å²) >= 11 is 0. The summed E-state index contributed by atoms with van der Waals surface area (Å²) < 4.78 is 40.5. The van der Waals surface area contributed by atoms with Gasteiger partial charge < -0.3 is 19.5 Å². The van der Waals surface area contributed by atoms with E-state index in [0.29, 0.717) is 17.2 Å². The number of amides is 1. The number of hydrogen-bond donors (Lipinski definition) is 2. The maximum absolute atomic E-state index is 12.3. The Morgan fingerprint density at radius 1 is 1.07 bits per heavy atom. The van der Waals surface area contributed by atoms with E-state index in [9.17, 15) is 18.0 Å². The van der Waals surface area contributed by atoms with Crippen LogP contribution in [0.3, 0.4) is 0 Å². The first-order valence-corrected chi connectivity index (χ1v) is 10.1. The Morgan fingerprint density at radius 3 is 2.57 bits per heavy atom. The smallest absolute Gasteiger partial charge is 0.338 e. The highest BCUT2D eigenvalue weighted by molar-refractivity contribution is 7.92. The molecule has 1 atom stereocenters. The lowest BCUT2D eigenvalue weighted by molar-refractivity contribution is -0.123. The predicted octanol–water partition coefficient (Wildman–Crippen LogP) is 1.97. The molecule has 2 aromatic carbocycles. The van der Waals surface area contributed by atoms with Gasteiger partial charge in [-0.3, -0.25) is 9.52 Å². The number of rotatable bonds is 6. The highest BCUT2D eigenvalue weighted by Gasteiger charge is 2.21. The largest absolute Gasteiger partial charge is 0.454 e. The molecule has 1 aliphatic rings. The van der Waals surface area contributed by atoms with Gasteiger partial charge in [0.25, 0.3) is 5.91 Å². The third-order valence-electron chi connectivity index (χ3n) is 3.69. The van der Waals surface area contributed by atoms with Crippen LogP contribution >= 0.6 is 0 Å². The number of carbonyl (C=O) groups excluding carboxylic acids is 2. The van der Waals surface area contributed by atoms with E-state index in [1.807, 2.05) is 0 Å². The van der Waals surface area contributed by atoms with Crippen LogP contribution in [-0.2, 0) is 19.6 Å². The number of carbonyl (C=O) groups is 2. The summed E-state index contributed by atoms with van der Waals surface area (Å²) in [5.74, 6) is -0.194. The van der Waals surface area contributed by atoms with Crippen molar-refractivity contribution < 1.29 is 32.2 Å². The Morgan fingerprint density at radius 2 is 1.82 bits per heavy atom. The number of esters is 1. The average molecular weight is 406 g/mol. The number of sulfonamides is 1. The summed E-state index contributed by atoms with van der Waals surface area (Å²) in [6.07, 6.45) is -0.0787. The summed E-state index contributed by atoms with van der Waals surface area (Å²) in [5.41, 5.74) is 0.794. The summed E-state index contributed by atoms with van der Waals surface area (Å²) in [6, 6.07) is 10.7. The van der Waals surface area contributed by atoms with Gasteiger partial charge in [-0.05, 0) is 37.3 Å². The number of nitrogens with one attached hydrogen (secondary N) is 2. The molecule has 28 heavy (non-hydrogen) atoms. The first-order valence-electron chi connectivity index (χ1n) is 8.20. The molecule has 0 unspecified atom stereocenters. The Balaban J connectivity index is 1.62. The summed E-state index contributed by atoms with van der Waals surface area (Å²) in [6.45, 7) is 1.55. The SMILES string of the molecule is C[C@H](OC(=O)c1cccc(NS(C)(=O)=O)c1)C(=O)Nc1ccc2c(c1)OCO2. The van der Waals surface area contributed by atoms with Crippen LogP contribution in [0.15, 0.2) is 42.5 Å². The predicted molar refractivity (Wildman–Crippen MR) is 101 cm³/mol. The van der Waals surface area contributed by atoms with Crippen molar-refractivity contribution in [2.24, 2.45) is 0 Å². The second kappa shape index (κ2) is 7.77. The van der Waals surface area contributed by atoms with Gasteiger partial charge in [0.2, 0.25) is 16.8 Å². The first-order chi connectivity index (χ1) is 13.2. The number of ether oxygens (including phenoxy) is 3. The quantitative estimate of drug-likeness (QED) is 0.704. The van der Waals surface area contributed by atoms with Crippen LogP contribution in [0.4, 0.5) is 11.4 Å². The maximum atomic E-state index is 12.3. The van der Waals surface area contributed by atoms with E-state index in [1.54, 1.807) is 18.2 Å². The second-order valence-corrected chi connectivity index (χ2v) is 7.81. The van der Waals surface area contributed by atoms with Crippen molar-refractivity contribution in [1.82, 2.24) is 0 Å². The zero-order valence-corrected chi connectivity index (χ0v) is 15.9. The molecule has 0 aromatic heterocycles. The van der Waals surface area contributed by atoms with E-state index in [1.165, 1.54) is 31.2 Å². The number of benzene rings is 2. The van der Waals surface area contributed by atoms with Crippen LogP contribution < -0.4 is 19.5 Å². The van der Waals surface area contributed by atoms with E-state index < -0.39 is 28.0 Å². The summed E-state index contributed by atoms with van der Waals surface area (Å²) in [4.78, 5) is 24.5. The van der Waals surface area contributed by atoms with Gasteiger partial charge >= 0.3 is 5.97 Å². The molecule has 0 aliphatic carbocycles. The normalized spacial score (nSPS) is 13.5. The average Bonchev–Trinajstić information content (AvgIpc) is 3.08. The zero-order chi connectivity index (χ0) is 20.3. The molecular formula is C18H18N2O7S. The molecule has 1 heterocycles. The monoisotopic (exact) mass is 406 g/mol. The van der Waals surface area contributed by atoms with E-state index in [-0.39, 0.29) is 18.0 Å². The molecular weight excluding hydrogens is 388 g/mol. The lowest BCUT2D eigenvalue weighted by Crippen LogP contribution is -2.30. The molecule has 3 rings (SSSR count). The summed E-state index contributed by atoms with van der Waals surface area (Å²) in [7, 11) is -3.48. The van der Waals surface area contributed by atoms with E-state index in [2.05, 4.69) is 10.0 Å². The van der Waals surface area contributed by atoms with Crippen molar-refractivity contribution in [3.8, 4) is 11.5 Å². The molecule has 0 bridgehead atoms. The second-order valence-electron chi connectivity index (χ2n) is 6.06. The molecule has 9 nitrogen and oxygen atoms in total. The molecule has 0 saturated heterocycles. The molecule has 1 amide bonds. The highest BCUT2D eigenvalue weighted by atomic mass is 32.2. The molecule has 0 spiro atoms. The molecule has 2 N–H and O–H groups in total. The van der Waals surface area contributed by atoms with Gasteiger partial charge in [0, 0.05) is 17.4 Å². The van der Waals surface area contributed by atoms with Crippen LogP contribution in [-0.4, -0.2) is 39.4 Å². The van der Waals surface area contributed by atoms with Crippen LogP contribution in [0.5, 0.6) is 11.5 Å². The molecule has 1 aliphatic heterocycles. The minimum atomic E-state index is -3.48. The van der Waals surface area contributed by atoms with Crippen molar-refractivity contribution in [2.75, 3.05) is 23.1 Å². The van der Waals surface area contributed by atoms with E-state index >= 15 is 0 Å². The zero-order valence-electron chi connectivity index (χ0n) is 15.1. The van der Waals surface area contributed by atoms with Crippen molar-refractivity contribution in [1.29, 1.82) is 0 Å². The van der Waals surface area contributed by atoms with Crippen molar-refractivity contribution in [3.63, 3.8) is 0 Å². The Labute approximate surface area is 161 Å². The van der Waals surface area contributed by atoms with Gasteiger partial charge in [-0.2, -0.15) is 0 Å². The number of fused-ring (bicyclic) bond motifs is 1. The van der Waals surface area contributed by atoms with Crippen molar-refractivity contribution >= 4 is 33.3 Å². The summed E-state index contributed by atoms with van der Waals surface area (Å²) in [5, 5.41) is 2.63. The number of anilines is 2. The van der Waals surface area contributed by atoms with Crippen molar-refractivity contribution in [2.45, 2.75) is 13.0 Å². The first kappa shape index (κ1) is 19.5. The molecule has 0 radical (unpaired) electrons. The Bertz CT molecular complexity index is 1020. The minimum Gasteiger partial charge on any atom is -0.454 e. The van der Waals surface area contributed by atoms with Gasteiger partial charge in [0.1, 0.15) is 0 Å².